The van der Waals surface area contributed by atoms with E-state index in [0.717, 1.165) is 22.5 Å². The minimum absolute atomic E-state index is 0.0451. The van der Waals surface area contributed by atoms with Gasteiger partial charge in [0.05, 0.1) is 30.3 Å². The third-order valence-corrected chi connectivity index (χ3v) is 7.19. The number of morpholine rings is 1. The third kappa shape index (κ3) is 3.65. The highest BCUT2D eigenvalue weighted by molar-refractivity contribution is 7.90. The van der Waals surface area contributed by atoms with Crippen LogP contribution in [0.3, 0.4) is 0 Å². The fourth-order valence-electron chi connectivity index (χ4n) is 3.86. The lowest BCUT2D eigenvalue weighted by molar-refractivity contribution is 0.123. The highest BCUT2D eigenvalue weighted by atomic mass is 32.2. The normalized spacial score (nSPS) is 14.9. The Bertz CT molecular complexity index is 1390. The van der Waals surface area contributed by atoms with Gasteiger partial charge in [-0.1, -0.05) is 23.8 Å². The van der Waals surface area contributed by atoms with Gasteiger partial charge in [0.1, 0.15) is 11.8 Å². The van der Waals surface area contributed by atoms with Crippen molar-refractivity contribution in [2.75, 3.05) is 37.0 Å². The Morgan fingerprint density at radius 2 is 1.94 bits per heavy atom. The van der Waals surface area contributed by atoms with E-state index in [1.54, 1.807) is 11.6 Å². The standard InChI is InChI=1S/C22H24N6O3S/c1-3-32(29,30)28-15-23-21-19(26-9-11-31-12-10-26)14-20(24-22(21)28)27-8-7-18(25-27)17-6-4-5-16(2)13-17/h4-8,13-15H,3,9-12H2,1-2H3. The highest BCUT2D eigenvalue weighted by Gasteiger charge is 2.23. The maximum Gasteiger partial charge on any atom is 0.241 e. The lowest BCUT2D eigenvalue weighted by Crippen LogP contribution is -2.36. The summed E-state index contributed by atoms with van der Waals surface area (Å²) in [5.74, 6) is 0.488. The first-order chi connectivity index (χ1) is 15.5. The molecule has 1 aliphatic heterocycles. The van der Waals surface area contributed by atoms with Crippen LogP contribution in [-0.4, -0.2) is 64.2 Å². The molecule has 1 saturated heterocycles. The van der Waals surface area contributed by atoms with Gasteiger partial charge in [0.15, 0.2) is 11.5 Å². The summed E-state index contributed by atoms with van der Waals surface area (Å²) in [6, 6.07) is 12.0. The zero-order chi connectivity index (χ0) is 22.3. The van der Waals surface area contributed by atoms with Crippen molar-refractivity contribution >= 4 is 26.9 Å². The fraction of sp³-hybridized carbons (Fsp3) is 0.318. The summed E-state index contributed by atoms with van der Waals surface area (Å²) in [7, 11) is -3.55. The van der Waals surface area contributed by atoms with Gasteiger partial charge < -0.3 is 9.64 Å². The number of anilines is 1. The number of hydrogen-bond donors (Lipinski definition) is 0. The van der Waals surface area contributed by atoms with Gasteiger partial charge in [0, 0.05) is 30.9 Å². The van der Waals surface area contributed by atoms with Gasteiger partial charge in [-0.2, -0.15) is 5.10 Å². The SMILES string of the molecule is CCS(=O)(=O)n1cnc2c(N3CCOCC3)cc(-n3ccc(-c4cccc(C)c4)n3)nc21. The molecule has 0 aliphatic carbocycles. The molecule has 9 nitrogen and oxygen atoms in total. The van der Waals surface area contributed by atoms with E-state index in [1.165, 1.54) is 10.3 Å². The van der Waals surface area contributed by atoms with Crippen molar-refractivity contribution < 1.29 is 13.2 Å². The van der Waals surface area contributed by atoms with Crippen molar-refractivity contribution in [2.24, 2.45) is 0 Å². The van der Waals surface area contributed by atoms with Crippen molar-refractivity contribution in [3.63, 3.8) is 0 Å². The smallest absolute Gasteiger partial charge is 0.241 e. The van der Waals surface area contributed by atoms with Crippen LogP contribution in [0.15, 0.2) is 48.9 Å². The Hall–Kier alpha value is -3.24. The minimum atomic E-state index is -3.55. The number of nitrogens with zero attached hydrogens (tertiary/aromatic N) is 6. The van der Waals surface area contributed by atoms with Gasteiger partial charge in [-0.05, 0) is 26.0 Å². The van der Waals surface area contributed by atoms with Crippen LogP contribution in [0, 0.1) is 6.92 Å². The molecule has 4 aromatic rings. The zero-order valence-electron chi connectivity index (χ0n) is 18.0. The number of aromatic nitrogens is 5. The number of pyridine rings is 1. The van der Waals surface area contributed by atoms with E-state index >= 15 is 0 Å². The lowest BCUT2D eigenvalue weighted by Gasteiger charge is -2.29. The number of ether oxygens (including phenoxy) is 1. The number of imidazole rings is 1. The summed E-state index contributed by atoms with van der Waals surface area (Å²) >= 11 is 0. The second-order valence-electron chi connectivity index (χ2n) is 7.73. The van der Waals surface area contributed by atoms with Crippen molar-refractivity contribution in [1.29, 1.82) is 0 Å². The first kappa shape index (κ1) is 20.7. The molecule has 0 amide bonds. The van der Waals surface area contributed by atoms with E-state index in [4.69, 9.17) is 9.84 Å². The van der Waals surface area contributed by atoms with E-state index in [2.05, 4.69) is 20.9 Å². The van der Waals surface area contributed by atoms with Gasteiger partial charge in [-0.3, -0.25) is 0 Å². The number of fused-ring (bicyclic) bond motifs is 1. The molecule has 0 saturated carbocycles. The maximum absolute atomic E-state index is 12.7. The molecule has 5 rings (SSSR count). The summed E-state index contributed by atoms with van der Waals surface area (Å²) in [5, 5.41) is 4.71. The van der Waals surface area contributed by atoms with Crippen LogP contribution in [0.4, 0.5) is 5.69 Å². The van der Waals surface area contributed by atoms with E-state index < -0.39 is 10.0 Å². The highest BCUT2D eigenvalue weighted by Crippen LogP contribution is 2.29. The zero-order valence-corrected chi connectivity index (χ0v) is 18.8. The summed E-state index contributed by atoms with van der Waals surface area (Å²) in [6.45, 7) is 6.24. The molecule has 10 heteroatoms. The summed E-state index contributed by atoms with van der Waals surface area (Å²) < 4.78 is 33.7. The molecule has 32 heavy (non-hydrogen) atoms. The lowest BCUT2D eigenvalue weighted by atomic mass is 10.1. The monoisotopic (exact) mass is 452 g/mol. The predicted molar refractivity (Wildman–Crippen MR) is 123 cm³/mol. The average Bonchev–Trinajstić information content (AvgIpc) is 3.47. The molecule has 0 unspecified atom stereocenters. The molecule has 0 N–H and O–H groups in total. The topological polar surface area (TPSA) is 95.1 Å². The quantitative estimate of drug-likeness (QED) is 0.459. The van der Waals surface area contributed by atoms with Gasteiger partial charge in [0.25, 0.3) is 0 Å². The third-order valence-electron chi connectivity index (χ3n) is 5.60. The van der Waals surface area contributed by atoms with Crippen LogP contribution >= 0.6 is 0 Å². The second-order valence-corrected chi connectivity index (χ2v) is 9.86. The van der Waals surface area contributed by atoms with Crippen LogP contribution in [0.25, 0.3) is 28.2 Å². The molecular weight excluding hydrogens is 428 g/mol. The van der Waals surface area contributed by atoms with Crippen LogP contribution in [-0.2, 0) is 14.8 Å². The van der Waals surface area contributed by atoms with Crippen molar-refractivity contribution in [3.8, 4) is 17.1 Å². The van der Waals surface area contributed by atoms with E-state index in [9.17, 15) is 8.42 Å². The Morgan fingerprint density at radius 3 is 2.69 bits per heavy atom. The Balaban J connectivity index is 1.67. The van der Waals surface area contributed by atoms with Gasteiger partial charge >= 0.3 is 0 Å². The van der Waals surface area contributed by atoms with Gasteiger partial charge in [0.2, 0.25) is 10.0 Å². The van der Waals surface area contributed by atoms with Gasteiger partial charge in [-0.15, -0.1) is 0 Å². The van der Waals surface area contributed by atoms with Crippen molar-refractivity contribution in [2.45, 2.75) is 13.8 Å². The molecule has 166 valence electrons. The van der Waals surface area contributed by atoms with Crippen LogP contribution < -0.4 is 4.90 Å². The molecule has 4 heterocycles. The Labute approximate surface area is 186 Å². The molecule has 0 spiro atoms. The molecule has 1 aliphatic rings. The molecule has 3 aromatic heterocycles. The molecule has 1 aromatic carbocycles. The number of hydrogen-bond acceptors (Lipinski definition) is 7. The molecule has 0 radical (unpaired) electrons. The number of aryl methyl sites for hydroxylation is 1. The van der Waals surface area contributed by atoms with E-state index in [-0.39, 0.29) is 5.75 Å². The van der Waals surface area contributed by atoms with E-state index in [0.29, 0.717) is 43.3 Å². The largest absolute Gasteiger partial charge is 0.378 e. The Kier molecular flexibility index (Phi) is 5.18. The van der Waals surface area contributed by atoms with Crippen LogP contribution in [0.1, 0.15) is 12.5 Å². The van der Waals surface area contributed by atoms with E-state index in [1.807, 2.05) is 43.5 Å². The van der Waals surface area contributed by atoms with Gasteiger partial charge in [-0.25, -0.2) is 27.0 Å². The minimum Gasteiger partial charge on any atom is -0.378 e. The maximum atomic E-state index is 12.7. The van der Waals surface area contributed by atoms with Crippen LogP contribution in [0.2, 0.25) is 0 Å². The summed E-state index contributed by atoms with van der Waals surface area (Å²) in [6.07, 6.45) is 3.18. The summed E-state index contributed by atoms with van der Waals surface area (Å²) in [5.41, 5.74) is 4.66. The number of benzene rings is 1. The number of rotatable bonds is 5. The molecule has 1 fully saturated rings. The van der Waals surface area contributed by atoms with Crippen LogP contribution in [0.5, 0.6) is 0 Å². The second kappa shape index (κ2) is 8.03. The first-order valence-electron chi connectivity index (χ1n) is 10.5. The molecule has 0 bridgehead atoms. The summed E-state index contributed by atoms with van der Waals surface area (Å²) in [4.78, 5) is 11.2. The van der Waals surface area contributed by atoms with Crippen molar-refractivity contribution in [3.05, 3.63) is 54.5 Å². The Morgan fingerprint density at radius 1 is 1.12 bits per heavy atom. The predicted octanol–water partition coefficient (Wildman–Crippen LogP) is 2.63. The first-order valence-corrected chi connectivity index (χ1v) is 12.1. The van der Waals surface area contributed by atoms with Crippen molar-refractivity contribution in [1.82, 2.24) is 23.7 Å². The fourth-order valence-corrected chi connectivity index (χ4v) is 4.72. The average molecular weight is 453 g/mol. The molecule has 0 atom stereocenters. The molecular formula is C22H24N6O3S.